The zero-order valence-electron chi connectivity index (χ0n) is 10.2. The number of carbonyl (C=O) groups is 1. The van der Waals surface area contributed by atoms with Crippen molar-refractivity contribution in [3.05, 3.63) is 63.4 Å². The summed E-state index contributed by atoms with van der Waals surface area (Å²) in [6.45, 7) is 0. The van der Waals surface area contributed by atoms with Crippen molar-refractivity contribution in [2.24, 2.45) is 0 Å². The number of benzene rings is 2. The Hall–Kier alpha value is -1.58. The first-order valence-corrected chi connectivity index (χ1v) is 6.75. The van der Waals surface area contributed by atoms with Crippen molar-refractivity contribution in [3.63, 3.8) is 0 Å². The minimum Gasteiger partial charge on any atom is -0.484 e. The predicted octanol–water partition coefficient (Wildman–Crippen LogP) is 4.84. The number of ether oxygens (including phenoxy) is 1. The van der Waals surface area contributed by atoms with Crippen LogP contribution in [0.5, 0.6) is 5.75 Å². The van der Waals surface area contributed by atoms with Gasteiger partial charge in [-0.1, -0.05) is 29.3 Å². The number of fused-ring (bicyclic) bond motifs is 1. The second-order valence-electron chi connectivity index (χ2n) is 4.51. The van der Waals surface area contributed by atoms with Crippen LogP contribution in [0, 0.1) is 5.82 Å². The summed E-state index contributed by atoms with van der Waals surface area (Å²) in [7, 11) is 0. The zero-order valence-corrected chi connectivity index (χ0v) is 11.7. The maximum absolute atomic E-state index is 13.2. The number of halogens is 3. The molecule has 0 amide bonds. The van der Waals surface area contributed by atoms with Crippen LogP contribution in [0.15, 0.2) is 36.4 Å². The predicted molar refractivity (Wildman–Crippen MR) is 75.2 cm³/mol. The Morgan fingerprint density at radius 2 is 1.85 bits per heavy atom. The first kappa shape index (κ1) is 13.4. The Kier molecular flexibility index (Phi) is 3.40. The van der Waals surface area contributed by atoms with Crippen molar-refractivity contribution in [2.75, 3.05) is 0 Å². The van der Waals surface area contributed by atoms with E-state index < -0.39 is 11.9 Å². The van der Waals surface area contributed by atoms with E-state index in [2.05, 4.69) is 0 Å². The average Bonchev–Trinajstić information content (AvgIpc) is 2.39. The molecule has 5 heteroatoms. The molecule has 2 aromatic carbocycles. The summed E-state index contributed by atoms with van der Waals surface area (Å²) in [5.74, 6) is -0.301. The Labute approximate surface area is 125 Å². The molecule has 2 nitrogen and oxygen atoms in total. The SMILES string of the molecule is O=C1CC(c2c(Cl)cccc2Cl)Oc2ccc(F)cc21. The molecule has 0 N–H and O–H groups in total. The van der Waals surface area contributed by atoms with Gasteiger partial charge >= 0.3 is 0 Å². The van der Waals surface area contributed by atoms with E-state index in [-0.39, 0.29) is 17.8 Å². The fraction of sp³-hybridized carbons (Fsp3) is 0.133. The molecule has 0 bridgehead atoms. The first-order chi connectivity index (χ1) is 9.56. The fourth-order valence-corrected chi connectivity index (χ4v) is 2.92. The molecule has 1 atom stereocenters. The standard InChI is InChI=1S/C15H9Cl2FO2/c16-10-2-1-3-11(17)15(10)14-7-12(19)9-6-8(18)4-5-13(9)20-14/h1-6,14H,7H2. The molecule has 0 radical (unpaired) electrons. The number of ketones is 1. The number of hydrogen-bond donors (Lipinski definition) is 0. The van der Waals surface area contributed by atoms with Crippen LogP contribution in [-0.4, -0.2) is 5.78 Å². The van der Waals surface area contributed by atoms with Gasteiger partial charge in [-0.2, -0.15) is 0 Å². The lowest BCUT2D eigenvalue weighted by Crippen LogP contribution is -2.21. The summed E-state index contributed by atoms with van der Waals surface area (Å²) in [6, 6.07) is 8.99. The van der Waals surface area contributed by atoms with Crippen molar-refractivity contribution in [3.8, 4) is 5.75 Å². The third-order valence-electron chi connectivity index (χ3n) is 3.20. The van der Waals surface area contributed by atoms with Crippen LogP contribution >= 0.6 is 23.2 Å². The molecular formula is C15H9Cl2FO2. The lowest BCUT2D eigenvalue weighted by Gasteiger charge is -2.26. The van der Waals surface area contributed by atoms with Gasteiger partial charge < -0.3 is 4.74 Å². The molecule has 0 fully saturated rings. The van der Waals surface area contributed by atoms with Crippen molar-refractivity contribution < 1.29 is 13.9 Å². The highest BCUT2D eigenvalue weighted by molar-refractivity contribution is 6.36. The maximum Gasteiger partial charge on any atom is 0.170 e. The Morgan fingerprint density at radius 1 is 1.15 bits per heavy atom. The molecule has 3 rings (SSSR count). The summed E-state index contributed by atoms with van der Waals surface area (Å²) < 4.78 is 18.9. The smallest absolute Gasteiger partial charge is 0.170 e. The van der Waals surface area contributed by atoms with E-state index >= 15 is 0 Å². The first-order valence-electron chi connectivity index (χ1n) is 5.99. The van der Waals surface area contributed by atoms with Crippen LogP contribution in [0.2, 0.25) is 10.0 Å². The number of Topliss-reactive ketones (excluding diaryl/α,β-unsaturated/α-hetero) is 1. The van der Waals surface area contributed by atoms with Crippen LogP contribution < -0.4 is 4.74 Å². The highest BCUT2D eigenvalue weighted by Gasteiger charge is 2.30. The normalized spacial score (nSPS) is 17.6. The largest absolute Gasteiger partial charge is 0.484 e. The summed E-state index contributed by atoms with van der Waals surface area (Å²) in [4.78, 5) is 12.1. The van der Waals surface area contributed by atoms with E-state index in [0.717, 1.165) is 0 Å². The van der Waals surface area contributed by atoms with Crippen molar-refractivity contribution in [1.29, 1.82) is 0 Å². The van der Waals surface area contributed by atoms with Gasteiger partial charge in [0.2, 0.25) is 0 Å². The number of hydrogen-bond acceptors (Lipinski definition) is 2. The Bertz CT molecular complexity index is 680. The Morgan fingerprint density at radius 3 is 2.55 bits per heavy atom. The van der Waals surface area contributed by atoms with Crippen LogP contribution in [0.3, 0.4) is 0 Å². The summed E-state index contributed by atoms with van der Waals surface area (Å²) in [5.41, 5.74) is 0.837. The minimum atomic E-state index is -0.554. The molecule has 0 spiro atoms. The fourth-order valence-electron chi connectivity index (χ4n) is 2.28. The van der Waals surface area contributed by atoms with Crippen molar-refractivity contribution in [1.82, 2.24) is 0 Å². The van der Waals surface area contributed by atoms with Crippen molar-refractivity contribution in [2.45, 2.75) is 12.5 Å². The van der Waals surface area contributed by atoms with Crippen LogP contribution in [-0.2, 0) is 0 Å². The third-order valence-corrected chi connectivity index (χ3v) is 3.86. The lowest BCUT2D eigenvalue weighted by atomic mass is 9.96. The molecule has 102 valence electrons. The minimum absolute atomic E-state index is 0.0832. The maximum atomic E-state index is 13.2. The molecule has 1 aliphatic heterocycles. The third kappa shape index (κ3) is 2.28. The summed E-state index contributed by atoms with van der Waals surface area (Å²) in [5, 5.41) is 0.890. The molecule has 0 saturated carbocycles. The summed E-state index contributed by atoms with van der Waals surface area (Å²) in [6.07, 6.45) is -0.471. The van der Waals surface area contributed by atoms with E-state index in [9.17, 15) is 9.18 Å². The van der Waals surface area contributed by atoms with E-state index in [1.54, 1.807) is 18.2 Å². The van der Waals surface area contributed by atoms with E-state index in [4.69, 9.17) is 27.9 Å². The van der Waals surface area contributed by atoms with Gasteiger partial charge in [0.25, 0.3) is 0 Å². The molecule has 0 aliphatic carbocycles. The topological polar surface area (TPSA) is 26.3 Å². The van der Waals surface area contributed by atoms with Gasteiger partial charge in [-0.25, -0.2) is 4.39 Å². The quantitative estimate of drug-likeness (QED) is 0.753. The Balaban J connectivity index is 2.04. The molecule has 0 saturated heterocycles. The monoisotopic (exact) mass is 310 g/mol. The van der Waals surface area contributed by atoms with E-state index in [0.29, 0.717) is 21.4 Å². The molecule has 20 heavy (non-hydrogen) atoms. The van der Waals surface area contributed by atoms with E-state index in [1.807, 2.05) is 0 Å². The molecular weight excluding hydrogens is 302 g/mol. The van der Waals surface area contributed by atoms with Gasteiger partial charge in [-0.3, -0.25) is 4.79 Å². The lowest BCUT2D eigenvalue weighted by molar-refractivity contribution is 0.0849. The van der Waals surface area contributed by atoms with Gasteiger partial charge in [-0.05, 0) is 30.3 Å². The van der Waals surface area contributed by atoms with Gasteiger partial charge in [0.1, 0.15) is 17.7 Å². The number of carbonyl (C=O) groups excluding carboxylic acids is 1. The van der Waals surface area contributed by atoms with Crippen molar-refractivity contribution >= 4 is 29.0 Å². The van der Waals surface area contributed by atoms with Gasteiger partial charge in [0, 0.05) is 15.6 Å². The molecule has 2 aromatic rings. The molecule has 1 unspecified atom stereocenters. The molecule has 1 aliphatic rings. The number of rotatable bonds is 1. The molecule has 0 aromatic heterocycles. The summed E-state index contributed by atoms with van der Waals surface area (Å²) >= 11 is 12.3. The zero-order chi connectivity index (χ0) is 14.3. The highest BCUT2D eigenvalue weighted by atomic mass is 35.5. The van der Waals surface area contributed by atoms with Gasteiger partial charge in [0.15, 0.2) is 5.78 Å². The second-order valence-corrected chi connectivity index (χ2v) is 5.32. The second kappa shape index (κ2) is 5.08. The molecule has 1 heterocycles. The average molecular weight is 311 g/mol. The van der Waals surface area contributed by atoms with E-state index in [1.165, 1.54) is 18.2 Å². The van der Waals surface area contributed by atoms with Crippen LogP contribution in [0.1, 0.15) is 28.4 Å². The van der Waals surface area contributed by atoms with Gasteiger partial charge in [0.05, 0.1) is 12.0 Å². The van der Waals surface area contributed by atoms with Crippen LogP contribution in [0.4, 0.5) is 4.39 Å². The van der Waals surface area contributed by atoms with Crippen LogP contribution in [0.25, 0.3) is 0 Å². The highest BCUT2D eigenvalue weighted by Crippen LogP contribution is 2.40. The van der Waals surface area contributed by atoms with Gasteiger partial charge in [-0.15, -0.1) is 0 Å².